The van der Waals surface area contributed by atoms with Gasteiger partial charge in [0.15, 0.2) is 0 Å². The Balaban J connectivity index is 2.05. The van der Waals surface area contributed by atoms with Crippen LogP contribution in [0.5, 0.6) is 0 Å². The van der Waals surface area contributed by atoms with Crippen LogP contribution in [0.15, 0.2) is 12.1 Å². The van der Waals surface area contributed by atoms with Crippen LogP contribution in [0.25, 0.3) is 0 Å². The Kier molecular flexibility index (Phi) is 5.00. The molecule has 0 unspecified atom stereocenters. The molecule has 2 aliphatic rings. The lowest BCUT2D eigenvalue weighted by Gasteiger charge is -2.35. The fourth-order valence-electron chi connectivity index (χ4n) is 3.31. The second-order valence-corrected chi connectivity index (χ2v) is 6.37. The molecule has 1 aromatic rings. The number of anilines is 2. The third-order valence-corrected chi connectivity index (χ3v) is 4.77. The summed E-state index contributed by atoms with van der Waals surface area (Å²) in [5.74, 6) is 0. The SMILES string of the molecule is CN1CCN(c2cc(N3CCNCC3)c([N+](=O)[O-])cc2[N+](=O)[O-])CC1. The molecule has 10 nitrogen and oxygen atoms in total. The van der Waals surface area contributed by atoms with Crippen LogP contribution in [-0.2, 0) is 0 Å². The lowest BCUT2D eigenvalue weighted by molar-refractivity contribution is -0.393. The minimum Gasteiger partial charge on any atom is -0.363 e. The molecular weight excluding hydrogens is 328 g/mol. The Bertz CT molecular complexity index is 668. The summed E-state index contributed by atoms with van der Waals surface area (Å²) in [5, 5.41) is 26.2. The molecule has 2 fully saturated rings. The average molecular weight is 350 g/mol. The number of benzene rings is 1. The summed E-state index contributed by atoms with van der Waals surface area (Å²) < 4.78 is 0. The molecule has 0 radical (unpaired) electrons. The number of nitrogens with one attached hydrogen (secondary N) is 1. The first-order chi connectivity index (χ1) is 12.0. The van der Waals surface area contributed by atoms with Crippen LogP contribution >= 0.6 is 0 Å². The van der Waals surface area contributed by atoms with Crippen molar-refractivity contribution in [3.8, 4) is 0 Å². The lowest BCUT2D eigenvalue weighted by Crippen LogP contribution is -2.45. The van der Waals surface area contributed by atoms with Crippen molar-refractivity contribution in [1.29, 1.82) is 0 Å². The van der Waals surface area contributed by atoms with E-state index in [1.165, 1.54) is 0 Å². The summed E-state index contributed by atoms with van der Waals surface area (Å²) in [6, 6.07) is 2.75. The molecule has 1 N–H and O–H groups in total. The molecule has 0 saturated carbocycles. The van der Waals surface area contributed by atoms with Gasteiger partial charge in [0.2, 0.25) is 0 Å². The predicted octanol–water partition coefficient (Wildman–Crippen LogP) is 0.664. The number of piperazine rings is 2. The van der Waals surface area contributed by atoms with Crippen LogP contribution in [0.4, 0.5) is 22.7 Å². The highest BCUT2D eigenvalue weighted by molar-refractivity contribution is 5.78. The second-order valence-electron chi connectivity index (χ2n) is 6.37. The summed E-state index contributed by atoms with van der Waals surface area (Å²) in [6.45, 7) is 5.68. The van der Waals surface area contributed by atoms with Crippen LogP contribution in [0, 0.1) is 20.2 Å². The zero-order valence-electron chi connectivity index (χ0n) is 14.2. The van der Waals surface area contributed by atoms with Crippen molar-refractivity contribution in [2.75, 3.05) is 69.2 Å². The van der Waals surface area contributed by atoms with Gasteiger partial charge in [-0.15, -0.1) is 0 Å². The van der Waals surface area contributed by atoms with E-state index >= 15 is 0 Å². The standard InChI is InChI=1S/C15H22N6O4/c1-17-6-8-19(9-7-17)13-10-12(18-4-2-16-3-5-18)14(20(22)23)11-15(13)21(24)25/h10-11,16H,2-9H2,1H3. The first kappa shape index (κ1) is 17.4. The van der Waals surface area contributed by atoms with Crippen molar-refractivity contribution in [2.45, 2.75) is 0 Å². The Morgan fingerprint density at radius 2 is 1.32 bits per heavy atom. The van der Waals surface area contributed by atoms with Crippen molar-refractivity contribution in [2.24, 2.45) is 0 Å². The van der Waals surface area contributed by atoms with E-state index in [2.05, 4.69) is 10.2 Å². The first-order valence-electron chi connectivity index (χ1n) is 8.33. The number of rotatable bonds is 4. The van der Waals surface area contributed by atoms with Gasteiger partial charge >= 0.3 is 0 Å². The highest BCUT2D eigenvalue weighted by atomic mass is 16.6. The molecule has 0 aromatic heterocycles. The number of hydrogen-bond acceptors (Lipinski definition) is 8. The van der Waals surface area contributed by atoms with Crippen LogP contribution in [0.2, 0.25) is 0 Å². The third-order valence-electron chi connectivity index (χ3n) is 4.77. The number of nitro benzene ring substituents is 2. The predicted molar refractivity (Wildman–Crippen MR) is 94.5 cm³/mol. The van der Waals surface area contributed by atoms with E-state index in [4.69, 9.17) is 0 Å². The van der Waals surface area contributed by atoms with Gasteiger partial charge in [0.1, 0.15) is 11.4 Å². The third kappa shape index (κ3) is 3.64. The normalized spacial score (nSPS) is 19.1. The minimum absolute atomic E-state index is 0.199. The van der Waals surface area contributed by atoms with Gasteiger partial charge in [0.25, 0.3) is 11.4 Å². The largest absolute Gasteiger partial charge is 0.363 e. The molecule has 2 heterocycles. The van der Waals surface area contributed by atoms with Crippen LogP contribution in [0.3, 0.4) is 0 Å². The monoisotopic (exact) mass is 350 g/mol. The average Bonchev–Trinajstić information content (AvgIpc) is 2.62. The van der Waals surface area contributed by atoms with E-state index in [-0.39, 0.29) is 11.4 Å². The van der Waals surface area contributed by atoms with Crippen LogP contribution in [-0.4, -0.2) is 74.2 Å². The molecule has 2 saturated heterocycles. The lowest BCUT2D eigenvalue weighted by atomic mass is 10.1. The number of nitro groups is 2. The van der Waals surface area contributed by atoms with E-state index in [0.29, 0.717) is 37.6 Å². The fourth-order valence-corrected chi connectivity index (χ4v) is 3.31. The van der Waals surface area contributed by atoms with Crippen LogP contribution in [0.1, 0.15) is 0 Å². The molecule has 0 aliphatic carbocycles. The van der Waals surface area contributed by atoms with Crippen molar-refractivity contribution >= 4 is 22.7 Å². The zero-order valence-corrected chi connectivity index (χ0v) is 14.2. The summed E-state index contributed by atoms with van der Waals surface area (Å²) in [5.41, 5.74) is 0.532. The molecule has 0 bridgehead atoms. The smallest absolute Gasteiger partial charge is 0.299 e. The van der Waals surface area contributed by atoms with E-state index < -0.39 is 9.85 Å². The quantitative estimate of drug-likeness (QED) is 0.623. The highest BCUT2D eigenvalue weighted by Crippen LogP contribution is 2.40. The number of likely N-dealkylation sites (N-methyl/N-ethyl adjacent to an activating group) is 1. The summed E-state index contributed by atoms with van der Waals surface area (Å²) >= 11 is 0. The van der Waals surface area contributed by atoms with E-state index in [9.17, 15) is 20.2 Å². The van der Waals surface area contributed by atoms with Crippen molar-refractivity contribution in [3.05, 3.63) is 32.4 Å². The maximum Gasteiger partial charge on any atom is 0.299 e. The van der Waals surface area contributed by atoms with Gasteiger partial charge in [0.05, 0.1) is 15.9 Å². The minimum atomic E-state index is -0.530. The zero-order chi connectivity index (χ0) is 18.0. The molecule has 1 aromatic carbocycles. The van der Waals surface area contributed by atoms with Gasteiger partial charge in [0, 0.05) is 52.4 Å². The molecule has 10 heteroatoms. The topological polar surface area (TPSA) is 108 Å². The fraction of sp³-hybridized carbons (Fsp3) is 0.600. The van der Waals surface area contributed by atoms with Gasteiger partial charge in [-0.3, -0.25) is 20.2 Å². The van der Waals surface area contributed by atoms with Crippen molar-refractivity contribution in [3.63, 3.8) is 0 Å². The molecule has 0 atom stereocenters. The van der Waals surface area contributed by atoms with Crippen LogP contribution < -0.4 is 15.1 Å². The van der Waals surface area contributed by atoms with Gasteiger partial charge in [-0.05, 0) is 13.1 Å². The van der Waals surface area contributed by atoms with Gasteiger partial charge < -0.3 is 20.0 Å². The molecule has 25 heavy (non-hydrogen) atoms. The molecule has 3 rings (SSSR count). The summed E-state index contributed by atoms with van der Waals surface area (Å²) in [4.78, 5) is 28.0. The second kappa shape index (κ2) is 7.19. The molecule has 0 amide bonds. The van der Waals surface area contributed by atoms with Crippen molar-refractivity contribution < 1.29 is 9.85 Å². The Morgan fingerprint density at radius 3 is 1.80 bits per heavy atom. The van der Waals surface area contributed by atoms with E-state index in [1.54, 1.807) is 6.07 Å². The summed E-state index contributed by atoms with van der Waals surface area (Å²) in [6.07, 6.45) is 0. The summed E-state index contributed by atoms with van der Waals surface area (Å²) in [7, 11) is 2.01. The molecule has 136 valence electrons. The number of nitrogens with zero attached hydrogens (tertiary/aromatic N) is 5. The van der Waals surface area contributed by atoms with E-state index in [0.717, 1.165) is 32.2 Å². The van der Waals surface area contributed by atoms with Gasteiger partial charge in [-0.2, -0.15) is 0 Å². The molecular formula is C15H22N6O4. The Labute approximate surface area is 145 Å². The highest BCUT2D eigenvalue weighted by Gasteiger charge is 2.31. The number of hydrogen-bond donors (Lipinski definition) is 1. The van der Waals surface area contributed by atoms with Gasteiger partial charge in [-0.25, -0.2) is 0 Å². The Morgan fingerprint density at radius 1 is 0.840 bits per heavy atom. The van der Waals surface area contributed by atoms with Gasteiger partial charge in [-0.1, -0.05) is 0 Å². The molecule has 0 spiro atoms. The maximum atomic E-state index is 11.5. The van der Waals surface area contributed by atoms with Crippen molar-refractivity contribution in [1.82, 2.24) is 10.2 Å². The first-order valence-corrected chi connectivity index (χ1v) is 8.33. The molecule has 2 aliphatic heterocycles. The maximum absolute atomic E-state index is 11.5. The van der Waals surface area contributed by atoms with E-state index in [1.807, 2.05) is 16.8 Å². The Hall–Kier alpha value is -2.46.